The highest BCUT2D eigenvalue weighted by atomic mass is 35.5. The number of hydrogen-bond acceptors (Lipinski definition) is 3. The predicted molar refractivity (Wildman–Crippen MR) is 108 cm³/mol. The molecule has 0 atom stereocenters. The monoisotopic (exact) mass is 399 g/mol. The van der Waals surface area contributed by atoms with E-state index in [2.05, 4.69) is 0 Å². The smallest absolute Gasteiger partial charge is 0.268 e. The number of carbonyl (C=O) groups excluding carboxylic acids is 1. The van der Waals surface area contributed by atoms with Crippen molar-refractivity contribution in [2.45, 2.75) is 18.7 Å². The number of amides is 1. The largest absolute Gasteiger partial charge is 0.272 e. The Morgan fingerprint density at radius 1 is 0.852 bits per heavy atom. The number of sulfonamides is 1. The Morgan fingerprint density at radius 2 is 1.41 bits per heavy atom. The molecule has 0 bridgehead atoms. The zero-order chi connectivity index (χ0) is 19.6. The van der Waals surface area contributed by atoms with Crippen molar-refractivity contribution < 1.29 is 13.2 Å². The average Bonchev–Trinajstić information content (AvgIpc) is 2.63. The Labute approximate surface area is 164 Å². The van der Waals surface area contributed by atoms with Crippen LogP contribution in [0.5, 0.6) is 0 Å². The summed E-state index contributed by atoms with van der Waals surface area (Å²) in [6.07, 6.45) is 0. The third-order valence-corrected chi connectivity index (χ3v) is 6.04. The molecule has 0 heterocycles. The van der Waals surface area contributed by atoms with Gasteiger partial charge in [-0.1, -0.05) is 53.1 Å². The number of nitrogens with zero attached hydrogens (tertiary/aromatic N) is 1. The van der Waals surface area contributed by atoms with E-state index >= 15 is 0 Å². The molecule has 0 saturated carbocycles. The quantitative estimate of drug-likeness (QED) is 0.620. The molecular weight excluding hydrogens is 382 g/mol. The van der Waals surface area contributed by atoms with Crippen LogP contribution in [0.4, 0.5) is 5.69 Å². The molecule has 138 valence electrons. The van der Waals surface area contributed by atoms with Crippen LogP contribution >= 0.6 is 11.6 Å². The van der Waals surface area contributed by atoms with Crippen molar-refractivity contribution in [3.05, 3.63) is 94.5 Å². The molecular formula is C21H18ClNO3S. The van der Waals surface area contributed by atoms with Gasteiger partial charge in [-0.05, 0) is 56.3 Å². The van der Waals surface area contributed by atoms with Gasteiger partial charge in [-0.15, -0.1) is 0 Å². The molecule has 0 spiro atoms. The highest BCUT2D eigenvalue weighted by Gasteiger charge is 2.31. The SMILES string of the molecule is Cc1ccc(N(C(=O)c2cccc(Cl)c2)S(=O)(=O)c2ccc(C)cc2)cc1. The van der Waals surface area contributed by atoms with Crippen molar-refractivity contribution in [1.29, 1.82) is 0 Å². The first-order chi connectivity index (χ1) is 12.8. The fraction of sp³-hybridized carbons (Fsp3) is 0.0952. The molecule has 0 saturated heterocycles. The summed E-state index contributed by atoms with van der Waals surface area (Å²) in [5, 5.41) is 0.359. The molecule has 1 amide bonds. The molecule has 0 unspecified atom stereocenters. The molecule has 27 heavy (non-hydrogen) atoms. The van der Waals surface area contributed by atoms with Gasteiger partial charge in [-0.25, -0.2) is 8.42 Å². The minimum Gasteiger partial charge on any atom is -0.268 e. The van der Waals surface area contributed by atoms with Crippen LogP contribution < -0.4 is 4.31 Å². The van der Waals surface area contributed by atoms with Crippen LogP contribution in [-0.4, -0.2) is 14.3 Å². The van der Waals surface area contributed by atoms with Crippen LogP contribution in [0.25, 0.3) is 0 Å². The highest BCUT2D eigenvalue weighted by Crippen LogP contribution is 2.27. The molecule has 3 rings (SSSR count). The predicted octanol–water partition coefficient (Wildman–Crippen LogP) is 4.99. The molecule has 0 aliphatic carbocycles. The second-order valence-electron chi connectivity index (χ2n) is 6.23. The maximum absolute atomic E-state index is 13.3. The molecule has 0 N–H and O–H groups in total. The van der Waals surface area contributed by atoms with Crippen molar-refractivity contribution in [1.82, 2.24) is 0 Å². The summed E-state index contributed by atoms with van der Waals surface area (Å²) in [5.74, 6) is -0.665. The second kappa shape index (κ2) is 7.55. The minimum absolute atomic E-state index is 0.0454. The summed E-state index contributed by atoms with van der Waals surface area (Å²) in [5.41, 5.74) is 2.35. The van der Waals surface area contributed by atoms with Crippen LogP contribution in [0, 0.1) is 13.8 Å². The van der Waals surface area contributed by atoms with Gasteiger partial charge in [0, 0.05) is 10.6 Å². The van der Waals surface area contributed by atoms with E-state index < -0.39 is 15.9 Å². The number of anilines is 1. The summed E-state index contributed by atoms with van der Waals surface area (Å²) >= 11 is 5.99. The molecule has 0 fully saturated rings. The van der Waals surface area contributed by atoms with E-state index in [4.69, 9.17) is 11.6 Å². The minimum atomic E-state index is -4.10. The van der Waals surface area contributed by atoms with Gasteiger partial charge in [0.05, 0.1) is 10.6 Å². The van der Waals surface area contributed by atoms with Crippen LogP contribution in [-0.2, 0) is 10.0 Å². The summed E-state index contributed by atoms with van der Waals surface area (Å²) in [7, 11) is -4.10. The lowest BCUT2D eigenvalue weighted by molar-refractivity contribution is 0.101. The molecule has 0 aromatic heterocycles. The van der Waals surface area contributed by atoms with Gasteiger partial charge in [0.25, 0.3) is 15.9 Å². The molecule has 0 aliphatic rings. The summed E-state index contributed by atoms with van der Waals surface area (Å²) < 4.78 is 27.4. The Balaban J connectivity index is 2.16. The fourth-order valence-corrected chi connectivity index (χ4v) is 4.20. The summed E-state index contributed by atoms with van der Waals surface area (Å²) in [6, 6.07) is 19.4. The van der Waals surface area contributed by atoms with Gasteiger partial charge < -0.3 is 0 Å². The number of halogens is 1. The van der Waals surface area contributed by atoms with E-state index in [1.54, 1.807) is 54.6 Å². The number of rotatable bonds is 4. The van der Waals surface area contributed by atoms with Gasteiger partial charge >= 0.3 is 0 Å². The Hall–Kier alpha value is -2.63. The maximum Gasteiger partial charge on any atom is 0.272 e. The van der Waals surface area contributed by atoms with E-state index in [0.29, 0.717) is 5.02 Å². The molecule has 3 aromatic rings. The summed E-state index contributed by atoms with van der Waals surface area (Å²) in [6.45, 7) is 3.76. The van der Waals surface area contributed by atoms with Crippen molar-refractivity contribution in [2.24, 2.45) is 0 Å². The van der Waals surface area contributed by atoms with Crippen LogP contribution in [0.15, 0.2) is 77.7 Å². The Morgan fingerprint density at radius 3 is 1.96 bits per heavy atom. The third kappa shape index (κ3) is 4.04. The van der Waals surface area contributed by atoms with Gasteiger partial charge in [-0.3, -0.25) is 4.79 Å². The normalized spacial score (nSPS) is 11.2. The summed E-state index contributed by atoms with van der Waals surface area (Å²) in [4.78, 5) is 13.2. The Kier molecular flexibility index (Phi) is 5.35. The van der Waals surface area contributed by atoms with E-state index in [-0.39, 0.29) is 16.1 Å². The molecule has 4 nitrogen and oxygen atoms in total. The number of hydrogen-bond donors (Lipinski definition) is 0. The fourth-order valence-electron chi connectivity index (χ4n) is 2.60. The Bertz CT molecular complexity index is 1080. The zero-order valence-corrected chi connectivity index (χ0v) is 16.5. The first-order valence-electron chi connectivity index (χ1n) is 8.27. The van der Waals surface area contributed by atoms with Gasteiger partial charge in [-0.2, -0.15) is 4.31 Å². The standard InChI is InChI=1S/C21H18ClNO3S/c1-15-6-10-19(11-7-15)23(21(24)17-4-3-5-18(22)14-17)27(25,26)20-12-8-16(2)9-13-20/h3-14H,1-2H3. The number of aryl methyl sites for hydroxylation is 2. The van der Waals surface area contributed by atoms with Crippen LogP contribution in [0.2, 0.25) is 5.02 Å². The molecule has 6 heteroatoms. The number of carbonyl (C=O) groups is 1. The number of benzene rings is 3. The van der Waals surface area contributed by atoms with E-state index in [1.807, 2.05) is 13.8 Å². The van der Waals surface area contributed by atoms with Crippen molar-refractivity contribution in [3.63, 3.8) is 0 Å². The third-order valence-electron chi connectivity index (χ3n) is 4.08. The first kappa shape index (κ1) is 19.1. The molecule has 0 radical (unpaired) electrons. The maximum atomic E-state index is 13.3. The van der Waals surface area contributed by atoms with Gasteiger partial charge in [0.1, 0.15) is 0 Å². The van der Waals surface area contributed by atoms with E-state index in [1.165, 1.54) is 18.2 Å². The lowest BCUT2D eigenvalue weighted by Crippen LogP contribution is -2.37. The second-order valence-corrected chi connectivity index (χ2v) is 8.46. The van der Waals surface area contributed by atoms with Gasteiger partial charge in [0.2, 0.25) is 0 Å². The zero-order valence-electron chi connectivity index (χ0n) is 14.9. The van der Waals surface area contributed by atoms with Crippen molar-refractivity contribution in [3.8, 4) is 0 Å². The van der Waals surface area contributed by atoms with E-state index in [9.17, 15) is 13.2 Å². The highest BCUT2D eigenvalue weighted by molar-refractivity contribution is 7.93. The van der Waals surface area contributed by atoms with Crippen LogP contribution in [0.1, 0.15) is 21.5 Å². The topological polar surface area (TPSA) is 54.5 Å². The molecule has 3 aromatic carbocycles. The van der Waals surface area contributed by atoms with Crippen molar-refractivity contribution in [2.75, 3.05) is 4.31 Å². The van der Waals surface area contributed by atoms with E-state index in [0.717, 1.165) is 15.4 Å². The van der Waals surface area contributed by atoms with Crippen molar-refractivity contribution >= 4 is 33.2 Å². The lowest BCUT2D eigenvalue weighted by Gasteiger charge is -2.23. The van der Waals surface area contributed by atoms with Gasteiger partial charge in [0.15, 0.2) is 0 Å². The first-order valence-corrected chi connectivity index (χ1v) is 10.1. The average molecular weight is 400 g/mol. The van der Waals surface area contributed by atoms with Crippen LogP contribution in [0.3, 0.4) is 0 Å². The lowest BCUT2D eigenvalue weighted by atomic mass is 10.2. The molecule has 0 aliphatic heterocycles.